The van der Waals surface area contributed by atoms with Crippen LogP contribution in [0.15, 0.2) is 0 Å². The smallest absolute Gasteiger partial charge is 0.224 e. The highest BCUT2D eigenvalue weighted by Crippen LogP contribution is 2.33. The van der Waals surface area contributed by atoms with Gasteiger partial charge in [-0.2, -0.15) is 5.26 Å². The molecule has 0 radical (unpaired) electrons. The molecule has 14 heavy (non-hydrogen) atoms. The summed E-state index contributed by atoms with van der Waals surface area (Å²) in [6.07, 6.45) is 3.03. The van der Waals surface area contributed by atoms with Crippen LogP contribution in [0.1, 0.15) is 19.3 Å². The second-order valence-corrected chi connectivity index (χ2v) is 4.08. The van der Waals surface area contributed by atoms with Gasteiger partial charge < -0.3 is 10.2 Å². The summed E-state index contributed by atoms with van der Waals surface area (Å²) >= 11 is 0. The average Bonchev–Trinajstić information content (AvgIpc) is 3.01. The molecule has 1 aliphatic carbocycles. The molecule has 76 valence electrons. The third-order valence-electron chi connectivity index (χ3n) is 2.87. The Kier molecular flexibility index (Phi) is 2.69. The molecule has 2 aliphatic rings. The lowest BCUT2D eigenvalue weighted by molar-refractivity contribution is -0.133. The molecule has 1 N–H and O–H groups in total. The lowest BCUT2D eigenvalue weighted by atomic mass is 10.1. The van der Waals surface area contributed by atoms with E-state index in [0.29, 0.717) is 25.4 Å². The van der Waals surface area contributed by atoms with E-state index in [9.17, 15) is 4.79 Å². The molecule has 1 saturated carbocycles. The lowest BCUT2D eigenvalue weighted by Gasteiger charge is -2.32. The van der Waals surface area contributed by atoms with Crippen LogP contribution in [0.25, 0.3) is 0 Å². The van der Waals surface area contributed by atoms with Crippen LogP contribution in [-0.4, -0.2) is 36.5 Å². The molecule has 4 nitrogen and oxygen atoms in total. The molecule has 1 amide bonds. The van der Waals surface area contributed by atoms with Crippen LogP contribution in [0, 0.1) is 17.2 Å². The molecule has 1 aliphatic heterocycles. The zero-order valence-corrected chi connectivity index (χ0v) is 8.20. The van der Waals surface area contributed by atoms with Crippen molar-refractivity contribution >= 4 is 5.91 Å². The molecule has 1 atom stereocenters. The van der Waals surface area contributed by atoms with Crippen LogP contribution in [-0.2, 0) is 4.79 Å². The van der Waals surface area contributed by atoms with Crippen molar-refractivity contribution in [1.82, 2.24) is 10.2 Å². The summed E-state index contributed by atoms with van der Waals surface area (Å²) in [5.74, 6) is 0.775. The van der Waals surface area contributed by atoms with E-state index in [1.165, 1.54) is 12.8 Å². The number of amides is 1. The predicted molar refractivity (Wildman–Crippen MR) is 51.3 cm³/mol. The molecular formula is C10H15N3O. The fraction of sp³-hybridized carbons (Fsp3) is 0.800. The van der Waals surface area contributed by atoms with Crippen molar-refractivity contribution in [2.24, 2.45) is 5.92 Å². The highest BCUT2D eigenvalue weighted by atomic mass is 16.2. The first kappa shape index (κ1) is 9.47. The molecule has 0 aromatic carbocycles. The third kappa shape index (κ3) is 2.05. The number of nitrogens with zero attached hydrogens (tertiary/aromatic N) is 2. The topological polar surface area (TPSA) is 56.1 Å². The number of hydrogen-bond donors (Lipinski definition) is 1. The van der Waals surface area contributed by atoms with Crippen LogP contribution >= 0.6 is 0 Å². The average molecular weight is 193 g/mol. The van der Waals surface area contributed by atoms with E-state index in [4.69, 9.17) is 5.26 Å². The second-order valence-electron chi connectivity index (χ2n) is 4.08. The molecule has 2 rings (SSSR count). The number of piperazine rings is 1. The summed E-state index contributed by atoms with van der Waals surface area (Å²) in [5, 5.41) is 12.0. The predicted octanol–water partition coefficient (Wildman–Crippen LogP) is 0.110. The molecule has 4 heteroatoms. The fourth-order valence-corrected chi connectivity index (χ4v) is 1.80. The molecule has 0 bridgehead atoms. The van der Waals surface area contributed by atoms with E-state index in [0.717, 1.165) is 6.54 Å². The van der Waals surface area contributed by atoms with E-state index in [1.54, 1.807) is 4.90 Å². The summed E-state index contributed by atoms with van der Waals surface area (Å²) in [7, 11) is 0. The van der Waals surface area contributed by atoms with Gasteiger partial charge in [-0.15, -0.1) is 0 Å². The minimum absolute atomic E-state index is 0.167. The van der Waals surface area contributed by atoms with Crippen LogP contribution in [0.5, 0.6) is 0 Å². The first-order valence-electron chi connectivity index (χ1n) is 5.21. The standard InChI is InChI=1S/C10H15N3O/c11-6-9-7-12-3-4-13(9)10(14)5-8-1-2-8/h8-9,12H,1-5,7H2. The van der Waals surface area contributed by atoms with E-state index >= 15 is 0 Å². The molecule has 0 spiro atoms. The van der Waals surface area contributed by atoms with Gasteiger partial charge in [0.25, 0.3) is 0 Å². The zero-order valence-electron chi connectivity index (χ0n) is 8.20. The number of hydrogen-bond acceptors (Lipinski definition) is 3. The largest absolute Gasteiger partial charge is 0.324 e. The van der Waals surface area contributed by atoms with Gasteiger partial charge in [0.05, 0.1) is 6.07 Å². The maximum atomic E-state index is 11.8. The molecular weight excluding hydrogens is 178 g/mol. The van der Waals surface area contributed by atoms with Gasteiger partial charge in [-0.05, 0) is 18.8 Å². The number of carbonyl (C=O) groups is 1. The highest BCUT2D eigenvalue weighted by molar-refractivity contribution is 5.77. The highest BCUT2D eigenvalue weighted by Gasteiger charge is 2.31. The van der Waals surface area contributed by atoms with Gasteiger partial charge in [0.2, 0.25) is 5.91 Å². The van der Waals surface area contributed by atoms with Crippen molar-refractivity contribution < 1.29 is 4.79 Å². The maximum Gasteiger partial charge on any atom is 0.224 e. The van der Waals surface area contributed by atoms with E-state index in [2.05, 4.69) is 11.4 Å². The van der Waals surface area contributed by atoms with Crippen LogP contribution in [0.4, 0.5) is 0 Å². The Balaban J connectivity index is 1.92. The van der Waals surface area contributed by atoms with Gasteiger partial charge in [-0.1, -0.05) is 0 Å². The van der Waals surface area contributed by atoms with Crippen molar-refractivity contribution in [2.45, 2.75) is 25.3 Å². The molecule has 2 fully saturated rings. The van der Waals surface area contributed by atoms with Crippen molar-refractivity contribution in [3.8, 4) is 6.07 Å². The van der Waals surface area contributed by atoms with E-state index in [1.807, 2.05) is 0 Å². The van der Waals surface area contributed by atoms with Crippen molar-refractivity contribution in [3.63, 3.8) is 0 Å². The minimum Gasteiger partial charge on any atom is -0.324 e. The molecule has 1 saturated heterocycles. The van der Waals surface area contributed by atoms with Crippen molar-refractivity contribution in [2.75, 3.05) is 19.6 Å². The quantitative estimate of drug-likeness (QED) is 0.677. The van der Waals surface area contributed by atoms with Gasteiger partial charge in [-0.3, -0.25) is 4.79 Å². The van der Waals surface area contributed by atoms with Crippen LogP contribution in [0.3, 0.4) is 0 Å². The Hall–Kier alpha value is -1.08. The summed E-state index contributed by atoms with van der Waals surface area (Å²) in [6, 6.07) is 1.92. The lowest BCUT2D eigenvalue weighted by Crippen LogP contribution is -2.53. The van der Waals surface area contributed by atoms with Gasteiger partial charge in [0.1, 0.15) is 6.04 Å². The normalized spacial score (nSPS) is 27.1. The maximum absolute atomic E-state index is 11.8. The molecule has 0 aromatic rings. The molecule has 1 unspecified atom stereocenters. The monoisotopic (exact) mass is 193 g/mol. The Morgan fingerprint density at radius 2 is 2.36 bits per heavy atom. The number of carbonyl (C=O) groups excluding carboxylic acids is 1. The second kappa shape index (κ2) is 3.97. The SMILES string of the molecule is N#CC1CNCCN1C(=O)CC1CC1. The summed E-state index contributed by atoms with van der Waals surface area (Å²) < 4.78 is 0. The molecule has 1 heterocycles. The first-order chi connectivity index (χ1) is 6.81. The number of nitriles is 1. The zero-order chi connectivity index (χ0) is 9.97. The van der Waals surface area contributed by atoms with Crippen LogP contribution < -0.4 is 5.32 Å². The van der Waals surface area contributed by atoms with Gasteiger partial charge in [0, 0.05) is 26.1 Å². The Labute approximate surface area is 83.9 Å². The van der Waals surface area contributed by atoms with Crippen LogP contribution in [0.2, 0.25) is 0 Å². The van der Waals surface area contributed by atoms with Crippen molar-refractivity contribution in [3.05, 3.63) is 0 Å². The van der Waals surface area contributed by atoms with Crippen molar-refractivity contribution in [1.29, 1.82) is 5.26 Å². The Morgan fingerprint density at radius 3 is 3.00 bits per heavy atom. The number of rotatable bonds is 2. The Morgan fingerprint density at radius 1 is 1.57 bits per heavy atom. The van der Waals surface area contributed by atoms with Gasteiger partial charge in [0.15, 0.2) is 0 Å². The van der Waals surface area contributed by atoms with Gasteiger partial charge in [-0.25, -0.2) is 0 Å². The minimum atomic E-state index is -0.255. The van der Waals surface area contributed by atoms with E-state index < -0.39 is 0 Å². The fourth-order valence-electron chi connectivity index (χ4n) is 1.80. The van der Waals surface area contributed by atoms with E-state index in [-0.39, 0.29) is 11.9 Å². The number of nitrogens with one attached hydrogen (secondary N) is 1. The summed E-state index contributed by atoms with van der Waals surface area (Å²) in [4.78, 5) is 13.5. The summed E-state index contributed by atoms with van der Waals surface area (Å²) in [6.45, 7) is 2.12. The van der Waals surface area contributed by atoms with Gasteiger partial charge >= 0.3 is 0 Å². The Bertz CT molecular complexity index is 267. The molecule has 0 aromatic heterocycles. The summed E-state index contributed by atoms with van der Waals surface area (Å²) in [5.41, 5.74) is 0. The third-order valence-corrected chi connectivity index (χ3v) is 2.87. The first-order valence-corrected chi connectivity index (χ1v) is 5.21.